The van der Waals surface area contributed by atoms with Crippen LogP contribution in [0.1, 0.15) is 39.5 Å². The number of unbranched alkanes of at least 4 members (excludes halogenated alkanes) is 2. The Balaban J connectivity index is 2.80. The molecular weight excluding hydrogens is 292 g/mol. The van der Waals surface area contributed by atoms with Crippen molar-refractivity contribution in [3.8, 4) is 0 Å². The van der Waals surface area contributed by atoms with Crippen LogP contribution in [0.25, 0.3) is 0 Å². The highest BCUT2D eigenvalue weighted by Gasteiger charge is 2.42. The van der Waals surface area contributed by atoms with Gasteiger partial charge in [-0.2, -0.15) is 0 Å². The van der Waals surface area contributed by atoms with Crippen molar-refractivity contribution in [1.29, 1.82) is 0 Å². The van der Waals surface area contributed by atoms with Gasteiger partial charge in [0.15, 0.2) is 11.9 Å². The van der Waals surface area contributed by atoms with Crippen LogP contribution in [0.5, 0.6) is 0 Å². The van der Waals surface area contributed by atoms with Crippen LogP contribution in [-0.2, 0) is 28.5 Å². The fraction of sp³-hybridized carbons (Fsp3) is 0.733. The van der Waals surface area contributed by atoms with E-state index in [0.717, 1.165) is 25.7 Å². The lowest BCUT2D eigenvalue weighted by Crippen LogP contribution is -2.33. The van der Waals surface area contributed by atoms with Crippen LogP contribution in [0.3, 0.4) is 0 Å². The van der Waals surface area contributed by atoms with Gasteiger partial charge in [0.1, 0.15) is 12.7 Å². The highest BCUT2D eigenvalue weighted by molar-refractivity contribution is 5.89. The normalized spacial score (nSPS) is 18.9. The molecule has 0 aromatic rings. The van der Waals surface area contributed by atoms with Gasteiger partial charge in [-0.05, 0) is 12.8 Å². The minimum atomic E-state index is -1.20. The van der Waals surface area contributed by atoms with Crippen LogP contribution in [0.15, 0.2) is 11.5 Å². The molecule has 7 nitrogen and oxygen atoms in total. The van der Waals surface area contributed by atoms with Crippen LogP contribution >= 0.6 is 0 Å². The van der Waals surface area contributed by atoms with E-state index in [1.165, 1.54) is 0 Å². The third-order valence-electron chi connectivity index (χ3n) is 3.09. The molecule has 7 heteroatoms. The summed E-state index contributed by atoms with van der Waals surface area (Å²) in [6, 6.07) is 0. The van der Waals surface area contributed by atoms with Gasteiger partial charge in [-0.25, -0.2) is 4.79 Å². The van der Waals surface area contributed by atoms with Crippen molar-refractivity contribution in [2.24, 2.45) is 0 Å². The molecule has 0 amide bonds. The first-order valence-electron chi connectivity index (χ1n) is 7.59. The van der Waals surface area contributed by atoms with Crippen molar-refractivity contribution in [2.75, 3.05) is 19.8 Å². The molecule has 1 aliphatic rings. The molecule has 0 saturated heterocycles. The number of carbonyl (C=O) groups excluding carboxylic acids is 2. The second kappa shape index (κ2) is 10.0. The van der Waals surface area contributed by atoms with Gasteiger partial charge in [-0.15, -0.1) is 0 Å². The molecule has 0 bridgehead atoms. The maximum absolute atomic E-state index is 11.9. The average molecular weight is 316 g/mol. The first-order chi connectivity index (χ1) is 10.7. The Labute approximate surface area is 130 Å². The fourth-order valence-electron chi connectivity index (χ4n) is 1.85. The smallest absolute Gasteiger partial charge is 0.378 e. The Hall–Kier alpha value is -1.76. The van der Waals surface area contributed by atoms with E-state index in [1.807, 2.05) is 13.8 Å². The number of carbonyl (C=O) groups is 2. The molecule has 126 valence electrons. The quantitative estimate of drug-likeness (QED) is 0.329. The van der Waals surface area contributed by atoms with Crippen LogP contribution < -0.4 is 0 Å². The van der Waals surface area contributed by atoms with Crippen molar-refractivity contribution in [3.05, 3.63) is 11.5 Å². The molecule has 22 heavy (non-hydrogen) atoms. The monoisotopic (exact) mass is 316 g/mol. The summed E-state index contributed by atoms with van der Waals surface area (Å²) in [7, 11) is 0. The molecular formula is C15H24O7. The largest absolute Gasteiger partial charge is 0.490 e. The van der Waals surface area contributed by atoms with E-state index in [0.29, 0.717) is 13.2 Å². The zero-order valence-corrected chi connectivity index (χ0v) is 13.1. The van der Waals surface area contributed by atoms with Crippen LogP contribution in [-0.4, -0.2) is 49.6 Å². The fourth-order valence-corrected chi connectivity index (χ4v) is 1.85. The summed E-state index contributed by atoms with van der Waals surface area (Å²) >= 11 is 0. The molecule has 0 aromatic carbocycles. The summed E-state index contributed by atoms with van der Waals surface area (Å²) < 4.78 is 20.6. The summed E-state index contributed by atoms with van der Waals surface area (Å²) in [6.45, 7) is 4.71. The van der Waals surface area contributed by atoms with E-state index < -0.39 is 18.2 Å². The van der Waals surface area contributed by atoms with Gasteiger partial charge < -0.3 is 24.1 Å². The Morgan fingerprint density at radius 1 is 1.23 bits per heavy atom. The zero-order valence-electron chi connectivity index (χ0n) is 13.1. The van der Waals surface area contributed by atoms with Gasteiger partial charge in [0.25, 0.3) is 6.47 Å². The molecule has 0 saturated carbocycles. The standard InChI is InChI=1S/C15H24O7/c1-3-5-7-20-13-12(11(17)9-19-10-16)22-15(18)14(13)21-8-6-4-2/h10-12,17H,3-9H2,1-2H3/t11-,12+/m0/s1. The molecule has 2 atom stereocenters. The van der Waals surface area contributed by atoms with Gasteiger partial charge in [0.2, 0.25) is 5.76 Å². The van der Waals surface area contributed by atoms with Crippen LogP contribution in [0.2, 0.25) is 0 Å². The number of hydrogen-bond acceptors (Lipinski definition) is 7. The van der Waals surface area contributed by atoms with Gasteiger partial charge in [0, 0.05) is 0 Å². The molecule has 1 heterocycles. The number of esters is 1. The molecule has 1 aliphatic heterocycles. The SMILES string of the molecule is CCCCOC1=C(OCCCC)[C@@H]([C@@H](O)COC=O)OC1=O. The van der Waals surface area contributed by atoms with Crippen molar-refractivity contribution in [2.45, 2.75) is 51.7 Å². The van der Waals surface area contributed by atoms with Crippen molar-refractivity contribution in [1.82, 2.24) is 0 Å². The van der Waals surface area contributed by atoms with E-state index in [9.17, 15) is 14.7 Å². The Kier molecular flexibility index (Phi) is 8.35. The summed E-state index contributed by atoms with van der Waals surface area (Å²) in [5.74, 6) is -0.492. The molecule has 0 unspecified atom stereocenters. The average Bonchev–Trinajstić information content (AvgIpc) is 2.82. The minimum Gasteiger partial charge on any atom is -0.490 e. The first-order valence-corrected chi connectivity index (χ1v) is 7.59. The molecule has 1 N–H and O–H groups in total. The van der Waals surface area contributed by atoms with Gasteiger partial charge >= 0.3 is 5.97 Å². The van der Waals surface area contributed by atoms with E-state index >= 15 is 0 Å². The van der Waals surface area contributed by atoms with Crippen LogP contribution in [0.4, 0.5) is 0 Å². The van der Waals surface area contributed by atoms with Crippen molar-refractivity contribution in [3.63, 3.8) is 0 Å². The third-order valence-corrected chi connectivity index (χ3v) is 3.09. The Morgan fingerprint density at radius 3 is 2.45 bits per heavy atom. The van der Waals surface area contributed by atoms with Gasteiger partial charge in [0.05, 0.1) is 13.2 Å². The van der Waals surface area contributed by atoms with E-state index in [4.69, 9.17) is 14.2 Å². The molecule has 1 rings (SSSR count). The van der Waals surface area contributed by atoms with E-state index in [2.05, 4.69) is 4.74 Å². The second-order valence-corrected chi connectivity index (χ2v) is 4.92. The predicted molar refractivity (Wildman–Crippen MR) is 76.6 cm³/mol. The number of hydrogen-bond donors (Lipinski definition) is 1. The highest BCUT2D eigenvalue weighted by Crippen LogP contribution is 2.28. The van der Waals surface area contributed by atoms with Gasteiger partial charge in [-0.3, -0.25) is 4.79 Å². The zero-order chi connectivity index (χ0) is 16.4. The summed E-state index contributed by atoms with van der Waals surface area (Å²) in [6.07, 6.45) is 1.23. The lowest BCUT2D eigenvalue weighted by atomic mass is 10.2. The molecule has 0 aliphatic carbocycles. The molecule has 0 fully saturated rings. The first kappa shape index (κ1) is 18.3. The number of rotatable bonds is 12. The second-order valence-electron chi connectivity index (χ2n) is 4.92. The lowest BCUT2D eigenvalue weighted by Gasteiger charge is -2.19. The highest BCUT2D eigenvalue weighted by atomic mass is 16.6. The molecule has 0 spiro atoms. The van der Waals surface area contributed by atoms with E-state index in [-0.39, 0.29) is 24.6 Å². The Morgan fingerprint density at radius 2 is 1.86 bits per heavy atom. The third kappa shape index (κ3) is 5.22. The maximum Gasteiger partial charge on any atom is 0.378 e. The molecule has 0 aromatic heterocycles. The lowest BCUT2D eigenvalue weighted by molar-refractivity contribution is -0.150. The summed E-state index contributed by atoms with van der Waals surface area (Å²) in [4.78, 5) is 22.1. The Bertz CT molecular complexity index is 391. The maximum atomic E-state index is 11.9. The predicted octanol–water partition coefficient (Wildman–Crippen LogP) is 1.29. The summed E-state index contributed by atoms with van der Waals surface area (Å²) in [5.41, 5.74) is 0. The van der Waals surface area contributed by atoms with Crippen molar-refractivity contribution >= 4 is 12.4 Å². The topological polar surface area (TPSA) is 91.3 Å². The molecule has 0 radical (unpaired) electrons. The van der Waals surface area contributed by atoms with Gasteiger partial charge in [-0.1, -0.05) is 26.7 Å². The number of aliphatic hydroxyl groups is 1. The van der Waals surface area contributed by atoms with Crippen LogP contribution in [0, 0.1) is 0 Å². The number of cyclic esters (lactones) is 1. The van der Waals surface area contributed by atoms with Crippen molar-refractivity contribution < 1.29 is 33.6 Å². The van der Waals surface area contributed by atoms with E-state index in [1.54, 1.807) is 0 Å². The number of ether oxygens (including phenoxy) is 4. The minimum absolute atomic E-state index is 0.000272. The number of aliphatic hydroxyl groups excluding tert-OH is 1. The summed E-state index contributed by atoms with van der Waals surface area (Å²) in [5, 5.41) is 9.98.